The van der Waals surface area contributed by atoms with Gasteiger partial charge < -0.3 is 20.1 Å². The van der Waals surface area contributed by atoms with E-state index >= 15 is 0 Å². The number of alkyl halides is 3. The molecule has 0 fully saturated rings. The number of hydrogen-bond donors (Lipinski definition) is 2. The summed E-state index contributed by atoms with van der Waals surface area (Å²) in [4.78, 5) is 12.0. The molecule has 146 valence electrons. The maximum atomic E-state index is 12.2. The van der Waals surface area contributed by atoms with Crippen LogP contribution in [0.3, 0.4) is 0 Å². The van der Waals surface area contributed by atoms with Crippen molar-refractivity contribution in [2.45, 2.75) is 18.9 Å². The number of ether oxygens (including phenoxy) is 1. The van der Waals surface area contributed by atoms with E-state index in [0.717, 1.165) is 24.3 Å². The average Bonchev–Trinajstić information content (AvgIpc) is 2.56. The van der Waals surface area contributed by atoms with Crippen molar-refractivity contribution < 1.29 is 46.4 Å². The van der Waals surface area contributed by atoms with Crippen molar-refractivity contribution in [1.29, 1.82) is 0 Å². The molecular formula is C14H15F3NO7S-. The Morgan fingerprint density at radius 2 is 1.69 bits per heavy atom. The number of rotatable bonds is 7. The third kappa shape index (κ3) is 4.71. The molecule has 12 heteroatoms. The number of esters is 1. The molecule has 1 aromatic rings. The Morgan fingerprint density at radius 1 is 1.19 bits per heavy atom. The van der Waals surface area contributed by atoms with Gasteiger partial charge in [-0.05, 0) is 24.1 Å². The predicted molar refractivity (Wildman–Crippen MR) is 80.5 cm³/mol. The van der Waals surface area contributed by atoms with E-state index in [2.05, 4.69) is 4.40 Å². The smallest absolute Gasteiger partial charge is 0.518 e. The van der Waals surface area contributed by atoms with E-state index in [1.807, 2.05) is 0 Å². The second-order valence-corrected chi connectivity index (χ2v) is 6.78. The van der Waals surface area contributed by atoms with Crippen LogP contribution in [0, 0.1) is 5.41 Å². The number of halogens is 3. The van der Waals surface area contributed by atoms with E-state index in [9.17, 15) is 41.7 Å². The van der Waals surface area contributed by atoms with Gasteiger partial charge >= 0.3 is 21.5 Å². The molecule has 0 aliphatic rings. The molecule has 0 unspecified atom stereocenters. The van der Waals surface area contributed by atoms with E-state index in [-0.39, 0.29) is 12.2 Å². The maximum Gasteiger partial charge on any atom is 0.518 e. The summed E-state index contributed by atoms with van der Waals surface area (Å²) >= 11 is 0. The first kappa shape index (κ1) is 21.9. The third-order valence-corrected chi connectivity index (χ3v) is 4.51. The number of hydrogen-bond acceptors (Lipinski definition) is 7. The third-order valence-electron chi connectivity index (χ3n) is 3.52. The maximum absolute atomic E-state index is 12.2. The zero-order valence-corrected chi connectivity index (χ0v) is 14.2. The average molecular weight is 398 g/mol. The molecule has 0 saturated carbocycles. The van der Waals surface area contributed by atoms with Crippen molar-refractivity contribution in [2.75, 3.05) is 13.2 Å². The normalized spacial score (nSPS) is 13.5. The van der Waals surface area contributed by atoms with Gasteiger partial charge in [0, 0.05) is 5.90 Å². The Kier molecular flexibility index (Phi) is 6.74. The Balaban J connectivity index is 3.01. The van der Waals surface area contributed by atoms with Gasteiger partial charge in [0.05, 0.1) is 13.2 Å². The summed E-state index contributed by atoms with van der Waals surface area (Å²) < 4.78 is 65.3. The fourth-order valence-corrected chi connectivity index (χ4v) is 2.07. The summed E-state index contributed by atoms with van der Waals surface area (Å²) in [5.41, 5.74) is -7.72. The fourth-order valence-electron chi connectivity index (χ4n) is 1.64. The minimum absolute atomic E-state index is 0.0730. The lowest BCUT2D eigenvalue weighted by Gasteiger charge is -2.25. The topological polar surface area (TPSA) is 136 Å². The molecule has 0 bridgehead atoms. The molecule has 2 N–H and O–H groups in total. The van der Waals surface area contributed by atoms with Crippen LogP contribution in [-0.2, 0) is 14.8 Å². The second kappa shape index (κ2) is 8.01. The van der Waals surface area contributed by atoms with Crippen LogP contribution in [0.1, 0.15) is 18.9 Å². The quantitative estimate of drug-likeness (QED) is 0.284. The van der Waals surface area contributed by atoms with Gasteiger partial charge in [-0.25, -0.2) is 0 Å². The highest BCUT2D eigenvalue weighted by Gasteiger charge is 2.45. The first-order valence-electron chi connectivity index (χ1n) is 7.05. The number of aliphatic hydroxyl groups is 2. The molecule has 0 aliphatic heterocycles. The van der Waals surface area contributed by atoms with Crippen LogP contribution in [0.2, 0.25) is 0 Å². The van der Waals surface area contributed by atoms with Gasteiger partial charge in [-0.2, -0.15) is 26.0 Å². The summed E-state index contributed by atoms with van der Waals surface area (Å²) in [6, 6.07) is 3.86. The van der Waals surface area contributed by atoms with Crippen LogP contribution in [-0.4, -0.2) is 49.2 Å². The highest BCUT2D eigenvalue weighted by atomic mass is 32.2. The monoisotopic (exact) mass is 398 g/mol. The summed E-state index contributed by atoms with van der Waals surface area (Å²) in [5, 5.41) is 30.0. The molecule has 0 aromatic heterocycles. The van der Waals surface area contributed by atoms with Crippen LogP contribution < -0.4 is 9.84 Å². The number of carbonyl (C=O) groups is 1. The summed E-state index contributed by atoms with van der Waals surface area (Å²) in [5.74, 6) is -2.73. The molecular weight excluding hydrogens is 383 g/mol. The van der Waals surface area contributed by atoms with Crippen LogP contribution in [0.15, 0.2) is 28.7 Å². The standard InChI is InChI=1S/C14H16F3NO7S/c1-2-13(7-19,8-20)12(22)25-10-5-3-9(4-6-10)11(21)18-26(23,24)14(15,16)17/h3-6,19-20H,2,7-8H2,1H3,(H,18,21)/p-1. The van der Waals surface area contributed by atoms with Crippen molar-refractivity contribution in [3.05, 3.63) is 29.8 Å². The molecule has 1 aromatic carbocycles. The zero-order chi connectivity index (χ0) is 20.2. The van der Waals surface area contributed by atoms with Crippen molar-refractivity contribution in [2.24, 2.45) is 9.81 Å². The fraction of sp³-hybridized carbons (Fsp3) is 0.429. The summed E-state index contributed by atoms with van der Waals surface area (Å²) in [6.07, 6.45) is 0.0730. The van der Waals surface area contributed by atoms with E-state index in [1.54, 1.807) is 0 Å². The first-order chi connectivity index (χ1) is 11.9. The number of carbonyl (C=O) groups excluding carboxylic acids is 1. The van der Waals surface area contributed by atoms with Crippen molar-refractivity contribution in [3.8, 4) is 5.75 Å². The Morgan fingerprint density at radius 3 is 2.08 bits per heavy atom. The Hall–Kier alpha value is -2.18. The predicted octanol–water partition coefficient (Wildman–Crippen LogP) is -0.0705. The van der Waals surface area contributed by atoms with E-state index < -0.39 is 51.6 Å². The lowest BCUT2D eigenvalue weighted by molar-refractivity contribution is -0.212. The first-order valence-corrected chi connectivity index (χ1v) is 8.49. The molecule has 0 heterocycles. The minimum Gasteiger partial charge on any atom is -0.858 e. The second-order valence-electron chi connectivity index (χ2n) is 5.18. The van der Waals surface area contributed by atoms with Gasteiger partial charge in [0.1, 0.15) is 11.2 Å². The van der Waals surface area contributed by atoms with Crippen molar-refractivity contribution in [3.63, 3.8) is 0 Å². The van der Waals surface area contributed by atoms with Gasteiger partial charge in [0.15, 0.2) is 0 Å². The van der Waals surface area contributed by atoms with Gasteiger partial charge in [0.25, 0.3) is 0 Å². The largest absolute Gasteiger partial charge is 0.858 e. The number of sulfonamides is 1. The molecule has 0 saturated heterocycles. The number of benzene rings is 1. The molecule has 26 heavy (non-hydrogen) atoms. The highest BCUT2D eigenvalue weighted by Crippen LogP contribution is 2.26. The van der Waals surface area contributed by atoms with Gasteiger partial charge in [-0.15, -0.1) is 0 Å². The van der Waals surface area contributed by atoms with Crippen molar-refractivity contribution >= 4 is 21.9 Å². The van der Waals surface area contributed by atoms with E-state index in [4.69, 9.17) is 4.74 Å². The van der Waals surface area contributed by atoms with Crippen LogP contribution in [0.5, 0.6) is 5.75 Å². The van der Waals surface area contributed by atoms with E-state index in [1.165, 1.54) is 6.92 Å². The molecule has 8 nitrogen and oxygen atoms in total. The Labute approximate surface area is 146 Å². The molecule has 0 atom stereocenters. The lowest BCUT2D eigenvalue weighted by Crippen LogP contribution is -2.41. The molecule has 1 rings (SSSR count). The Bertz CT molecular complexity index is 760. The molecule has 0 aliphatic carbocycles. The van der Waals surface area contributed by atoms with E-state index in [0.29, 0.717) is 0 Å². The SMILES string of the molecule is CCC(CO)(CO)C(=O)Oc1ccc(/C([O-])=N/S(=O)(=O)C(F)(F)F)cc1. The highest BCUT2D eigenvalue weighted by molar-refractivity contribution is 7.91. The molecule has 0 radical (unpaired) electrons. The summed E-state index contributed by atoms with van der Waals surface area (Å²) in [7, 11) is -5.97. The zero-order valence-electron chi connectivity index (χ0n) is 13.4. The van der Waals surface area contributed by atoms with Gasteiger partial charge in [-0.3, -0.25) is 4.79 Å². The van der Waals surface area contributed by atoms with Crippen LogP contribution >= 0.6 is 0 Å². The molecule has 0 spiro atoms. The number of nitrogens with zero attached hydrogens (tertiary/aromatic N) is 1. The van der Waals surface area contributed by atoms with Crippen molar-refractivity contribution in [1.82, 2.24) is 0 Å². The van der Waals surface area contributed by atoms with Crippen LogP contribution in [0.25, 0.3) is 0 Å². The minimum atomic E-state index is -5.97. The van der Waals surface area contributed by atoms with Gasteiger partial charge in [-0.1, -0.05) is 19.1 Å². The van der Waals surface area contributed by atoms with Gasteiger partial charge in [0.2, 0.25) is 0 Å². The number of aliphatic hydroxyl groups excluding tert-OH is 2. The summed E-state index contributed by atoms with van der Waals surface area (Å²) in [6.45, 7) is 0.186. The van der Waals surface area contributed by atoms with Crippen LogP contribution in [0.4, 0.5) is 13.2 Å². The molecule has 0 amide bonds. The lowest BCUT2D eigenvalue weighted by atomic mass is 9.87.